The lowest BCUT2D eigenvalue weighted by Crippen LogP contribution is -2.34. The average molecular weight is 239 g/mol. The van der Waals surface area contributed by atoms with Gasteiger partial charge in [0.25, 0.3) is 0 Å². The molecule has 3 rings (SSSR count). The molecule has 18 heavy (non-hydrogen) atoms. The summed E-state index contributed by atoms with van der Waals surface area (Å²) in [6.45, 7) is 2.06. The van der Waals surface area contributed by atoms with Gasteiger partial charge in [-0.2, -0.15) is 0 Å². The molecule has 1 aliphatic rings. The number of guanidine groups is 1. The van der Waals surface area contributed by atoms with Crippen molar-refractivity contribution < 1.29 is 0 Å². The van der Waals surface area contributed by atoms with Crippen molar-refractivity contribution in [1.29, 1.82) is 0 Å². The van der Waals surface area contributed by atoms with E-state index in [1.165, 1.54) is 18.2 Å². The lowest BCUT2D eigenvalue weighted by Gasteiger charge is -2.16. The van der Waals surface area contributed by atoms with Crippen LogP contribution in [-0.2, 0) is 0 Å². The second kappa shape index (κ2) is 4.69. The summed E-state index contributed by atoms with van der Waals surface area (Å²) in [6.07, 6.45) is 2.43. The van der Waals surface area contributed by atoms with Crippen molar-refractivity contribution >= 4 is 22.4 Å². The van der Waals surface area contributed by atoms with E-state index in [0.717, 1.165) is 24.2 Å². The molecule has 0 aliphatic carbocycles. The molecule has 2 aromatic carbocycles. The average Bonchev–Trinajstić information content (AvgIpc) is 2.93. The van der Waals surface area contributed by atoms with Gasteiger partial charge in [0.1, 0.15) is 0 Å². The van der Waals surface area contributed by atoms with Crippen LogP contribution in [0.1, 0.15) is 12.8 Å². The maximum Gasteiger partial charge on any atom is 0.196 e. The molecule has 0 spiro atoms. The molecule has 1 saturated heterocycles. The molecule has 0 saturated carbocycles. The Bertz CT molecular complexity index is 578. The minimum Gasteiger partial charge on any atom is -0.369 e. The largest absolute Gasteiger partial charge is 0.369 e. The van der Waals surface area contributed by atoms with Gasteiger partial charge in [-0.15, -0.1) is 0 Å². The van der Waals surface area contributed by atoms with E-state index in [0.29, 0.717) is 5.96 Å². The number of hydrogen-bond acceptors (Lipinski definition) is 1. The van der Waals surface area contributed by atoms with E-state index in [1.807, 2.05) is 24.3 Å². The summed E-state index contributed by atoms with van der Waals surface area (Å²) in [4.78, 5) is 6.74. The first-order valence-electron chi connectivity index (χ1n) is 6.41. The smallest absolute Gasteiger partial charge is 0.196 e. The van der Waals surface area contributed by atoms with Crippen LogP contribution in [0.4, 0.5) is 5.69 Å². The minimum atomic E-state index is 0.642. The van der Waals surface area contributed by atoms with Gasteiger partial charge in [-0.05, 0) is 24.3 Å². The first-order valence-corrected chi connectivity index (χ1v) is 6.41. The summed E-state index contributed by atoms with van der Waals surface area (Å²) in [5.41, 5.74) is 7.03. The molecule has 2 aromatic rings. The Hall–Kier alpha value is -2.03. The van der Waals surface area contributed by atoms with E-state index in [9.17, 15) is 0 Å². The summed E-state index contributed by atoms with van der Waals surface area (Å²) in [7, 11) is 0. The highest BCUT2D eigenvalue weighted by Crippen LogP contribution is 2.25. The van der Waals surface area contributed by atoms with Crippen LogP contribution in [-0.4, -0.2) is 23.9 Å². The van der Waals surface area contributed by atoms with Crippen molar-refractivity contribution in [3.05, 3.63) is 42.5 Å². The van der Waals surface area contributed by atoms with Crippen molar-refractivity contribution in [3.8, 4) is 0 Å². The van der Waals surface area contributed by atoms with Gasteiger partial charge in [0, 0.05) is 18.5 Å². The molecule has 92 valence electrons. The Labute approximate surface area is 107 Å². The van der Waals surface area contributed by atoms with Gasteiger partial charge in [0.05, 0.1) is 5.69 Å². The molecule has 1 aliphatic heterocycles. The number of nitrogens with zero attached hydrogens (tertiary/aromatic N) is 2. The van der Waals surface area contributed by atoms with Gasteiger partial charge < -0.3 is 10.6 Å². The number of aliphatic imine (C=N–C) groups is 1. The topological polar surface area (TPSA) is 41.6 Å². The van der Waals surface area contributed by atoms with Gasteiger partial charge in [-0.1, -0.05) is 36.4 Å². The van der Waals surface area contributed by atoms with Crippen LogP contribution in [0.15, 0.2) is 47.5 Å². The number of fused-ring (bicyclic) bond motifs is 1. The predicted molar refractivity (Wildman–Crippen MR) is 76.0 cm³/mol. The highest BCUT2D eigenvalue weighted by Gasteiger charge is 2.13. The molecular formula is C15H17N3. The lowest BCUT2D eigenvalue weighted by atomic mass is 10.1. The molecule has 0 amide bonds. The minimum absolute atomic E-state index is 0.642. The maximum atomic E-state index is 6.08. The Morgan fingerprint density at radius 1 is 1.00 bits per heavy atom. The first-order chi connectivity index (χ1) is 8.84. The quantitative estimate of drug-likeness (QED) is 0.614. The van der Waals surface area contributed by atoms with E-state index in [1.54, 1.807) is 0 Å². The van der Waals surface area contributed by atoms with Crippen LogP contribution in [0.3, 0.4) is 0 Å². The molecule has 0 radical (unpaired) electrons. The normalized spacial score (nSPS) is 16.4. The molecule has 2 N–H and O–H groups in total. The van der Waals surface area contributed by atoms with Gasteiger partial charge >= 0.3 is 0 Å². The van der Waals surface area contributed by atoms with Gasteiger partial charge in [0.15, 0.2) is 5.96 Å². The van der Waals surface area contributed by atoms with E-state index in [-0.39, 0.29) is 0 Å². The fraction of sp³-hybridized carbons (Fsp3) is 0.267. The SMILES string of the molecule is NC(=Nc1cccc2ccccc12)N1CCCC1. The zero-order valence-electron chi connectivity index (χ0n) is 10.3. The Balaban J connectivity index is 2.01. The van der Waals surface area contributed by atoms with E-state index in [2.05, 4.69) is 28.1 Å². The molecule has 1 heterocycles. The van der Waals surface area contributed by atoms with Crippen LogP contribution >= 0.6 is 0 Å². The third-order valence-corrected chi connectivity index (χ3v) is 3.43. The van der Waals surface area contributed by atoms with Gasteiger partial charge in [-0.25, -0.2) is 4.99 Å². The van der Waals surface area contributed by atoms with Crippen LogP contribution < -0.4 is 5.73 Å². The van der Waals surface area contributed by atoms with E-state index < -0.39 is 0 Å². The Morgan fingerprint density at radius 3 is 2.56 bits per heavy atom. The highest BCUT2D eigenvalue weighted by molar-refractivity contribution is 5.95. The maximum absolute atomic E-state index is 6.08. The van der Waals surface area contributed by atoms with Crippen LogP contribution in [0.25, 0.3) is 10.8 Å². The number of likely N-dealkylation sites (tertiary alicyclic amines) is 1. The number of benzene rings is 2. The number of nitrogens with two attached hydrogens (primary N) is 1. The molecule has 0 unspecified atom stereocenters. The predicted octanol–water partition coefficient (Wildman–Crippen LogP) is 2.88. The third-order valence-electron chi connectivity index (χ3n) is 3.43. The van der Waals surface area contributed by atoms with E-state index in [4.69, 9.17) is 5.73 Å². The lowest BCUT2D eigenvalue weighted by molar-refractivity contribution is 0.513. The number of hydrogen-bond donors (Lipinski definition) is 1. The first kappa shape index (κ1) is 11.1. The van der Waals surface area contributed by atoms with Crippen molar-refractivity contribution in [3.63, 3.8) is 0 Å². The Morgan fingerprint density at radius 2 is 1.72 bits per heavy atom. The summed E-state index contributed by atoms with van der Waals surface area (Å²) in [5.74, 6) is 0.642. The Kier molecular flexibility index (Phi) is 2.89. The summed E-state index contributed by atoms with van der Waals surface area (Å²) in [5, 5.41) is 2.36. The summed E-state index contributed by atoms with van der Waals surface area (Å²) < 4.78 is 0. The van der Waals surface area contributed by atoms with Crippen LogP contribution in [0.2, 0.25) is 0 Å². The second-order valence-electron chi connectivity index (χ2n) is 4.66. The zero-order valence-corrected chi connectivity index (χ0v) is 10.3. The molecule has 0 aromatic heterocycles. The van der Waals surface area contributed by atoms with Crippen molar-refractivity contribution in [2.45, 2.75) is 12.8 Å². The molecule has 1 fully saturated rings. The zero-order chi connectivity index (χ0) is 12.4. The van der Waals surface area contributed by atoms with Crippen molar-refractivity contribution in [2.24, 2.45) is 10.7 Å². The fourth-order valence-corrected chi connectivity index (χ4v) is 2.45. The summed E-state index contributed by atoms with van der Waals surface area (Å²) in [6, 6.07) is 14.4. The standard InChI is InChI=1S/C15H17N3/c16-15(18-10-3-4-11-18)17-14-9-5-7-12-6-1-2-8-13(12)14/h1-2,5-9H,3-4,10-11H2,(H2,16,17). The van der Waals surface area contributed by atoms with Crippen LogP contribution in [0, 0.1) is 0 Å². The second-order valence-corrected chi connectivity index (χ2v) is 4.66. The monoisotopic (exact) mass is 239 g/mol. The number of rotatable bonds is 1. The van der Waals surface area contributed by atoms with Gasteiger partial charge in [0.2, 0.25) is 0 Å². The van der Waals surface area contributed by atoms with Crippen LogP contribution in [0.5, 0.6) is 0 Å². The van der Waals surface area contributed by atoms with E-state index >= 15 is 0 Å². The molecule has 0 bridgehead atoms. The molecule has 3 nitrogen and oxygen atoms in total. The van der Waals surface area contributed by atoms with Crippen molar-refractivity contribution in [2.75, 3.05) is 13.1 Å². The third kappa shape index (κ3) is 2.04. The fourth-order valence-electron chi connectivity index (χ4n) is 2.45. The highest BCUT2D eigenvalue weighted by atomic mass is 15.3. The van der Waals surface area contributed by atoms with Gasteiger partial charge in [-0.3, -0.25) is 0 Å². The summed E-state index contributed by atoms with van der Waals surface area (Å²) >= 11 is 0. The van der Waals surface area contributed by atoms with Crippen molar-refractivity contribution in [1.82, 2.24) is 4.90 Å². The molecule has 0 atom stereocenters. The molecular weight excluding hydrogens is 222 g/mol. The molecule has 3 heteroatoms.